The molecule has 2 saturated carbocycles. The summed E-state index contributed by atoms with van der Waals surface area (Å²) in [5.41, 5.74) is 0. The van der Waals surface area contributed by atoms with E-state index in [1.165, 1.54) is 25.7 Å². The zero-order chi connectivity index (χ0) is 10.7. The number of nitrogens with one attached hydrogen (secondary N) is 1. The minimum absolute atomic E-state index is 0.240. The summed E-state index contributed by atoms with van der Waals surface area (Å²) in [5, 5.41) is 3.22. The number of amides is 1. The average Bonchev–Trinajstić information content (AvgIpc) is 3.05. The zero-order valence-electron chi connectivity index (χ0n) is 9.18. The Morgan fingerprint density at radius 2 is 1.80 bits per heavy atom. The first kappa shape index (κ1) is 11.3. The molecule has 0 heterocycles. The fraction of sp³-hybridized carbons (Fsp3) is 0.917. The molecule has 15 heavy (non-hydrogen) atoms. The highest BCUT2D eigenvalue weighted by Gasteiger charge is 2.41. The van der Waals surface area contributed by atoms with E-state index in [-0.39, 0.29) is 5.91 Å². The van der Waals surface area contributed by atoms with Crippen molar-refractivity contribution in [3.63, 3.8) is 0 Å². The molecule has 0 radical (unpaired) electrons. The van der Waals surface area contributed by atoms with Crippen LogP contribution in [0.15, 0.2) is 0 Å². The van der Waals surface area contributed by atoms with Crippen molar-refractivity contribution in [1.29, 1.82) is 0 Å². The first-order valence-corrected chi connectivity index (χ1v) is 6.70. The minimum atomic E-state index is 0.240. The summed E-state index contributed by atoms with van der Waals surface area (Å²) in [7, 11) is 0. The summed E-state index contributed by atoms with van der Waals surface area (Å²) < 4.78 is 0. The Hall–Kier alpha value is -0.240. The molecule has 0 atom stereocenters. The molecule has 0 unspecified atom stereocenters. The van der Waals surface area contributed by atoms with E-state index in [4.69, 9.17) is 11.6 Å². The molecule has 0 aromatic carbocycles. The van der Waals surface area contributed by atoms with Gasteiger partial charge >= 0.3 is 0 Å². The lowest BCUT2D eigenvalue weighted by atomic mass is 10.1. The number of carbonyl (C=O) groups is 1. The molecule has 0 saturated heterocycles. The smallest absolute Gasteiger partial charge is 0.220 e. The average molecular weight is 230 g/mol. The Morgan fingerprint density at radius 3 is 2.27 bits per heavy atom. The molecule has 1 amide bonds. The normalized spacial score (nSPS) is 20.7. The number of rotatable bonds is 7. The Kier molecular flexibility index (Phi) is 3.90. The van der Waals surface area contributed by atoms with Crippen LogP contribution in [-0.4, -0.2) is 17.8 Å². The van der Waals surface area contributed by atoms with Crippen molar-refractivity contribution < 1.29 is 4.79 Å². The van der Waals surface area contributed by atoms with Gasteiger partial charge in [-0.15, -0.1) is 11.6 Å². The summed E-state index contributed by atoms with van der Waals surface area (Å²) in [6.45, 7) is 0. The van der Waals surface area contributed by atoms with E-state index in [0.29, 0.717) is 18.3 Å². The van der Waals surface area contributed by atoms with Crippen molar-refractivity contribution in [2.75, 3.05) is 5.88 Å². The van der Waals surface area contributed by atoms with Gasteiger partial charge in [0.05, 0.1) is 0 Å². The quantitative estimate of drug-likeness (QED) is 0.528. The molecule has 2 aliphatic rings. The zero-order valence-corrected chi connectivity index (χ0v) is 9.93. The van der Waals surface area contributed by atoms with E-state index >= 15 is 0 Å². The molecule has 0 spiro atoms. The van der Waals surface area contributed by atoms with Crippen molar-refractivity contribution in [2.24, 2.45) is 11.8 Å². The number of alkyl halides is 1. The fourth-order valence-electron chi connectivity index (χ4n) is 2.17. The maximum atomic E-state index is 11.6. The number of carbonyl (C=O) groups excluding carboxylic acids is 1. The second-order valence-electron chi connectivity index (χ2n) is 4.91. The number of unbranched alkanes of at least 4 members (excludes halogenated alkanes) is 1. The van der Waals surface area contributed by atoms with E-state index in [1.807, 2.05) is 0 Å². The van der Waals surface area contributed by atoms with Crippen LogP contribution in [0.4, 0.5) is 0 Å². The van der Waals surface area contributed by atoms with Crippen molar-refractivity contribution >= 4 is 17.5 Å². The standard InChI is InChI=1S/C12H20ClNO/c13-8-2-1-3-11(15)14-12(9-4-5-9)10-6-7-10/h9-10,12H,1-8H2,(H,14,15). The van der Waals surface area contributed by atoms with E-state index in [2.05, 4.69) is 5.32 Å². The highest BCUT2D eigenvalue weighted by atomic mass is 35.5. The molecule has 3 heteroatoms. The Balaban J connectivity index is 1.66. The lowest BCUT2D eigenvalue weighted by Gasteiger charge is -2.17. The van der Waals surface area contributed by atoms with Crippen LogP contribution in [0.1, 0.15) is 44.9 Å². The minimum Gasteiger partial charge on any atom is -0.353 e. The second kappa shape index (κ2) is 5.20. The van der Waals surface area contributed by atoms with Crippen LogP contribution in [0, 0.1) is 11.8 Å². The van der Waals surface area contributed by atoms with Crippen LogP contribution >= 0.6 is 11.6 Å². The third-order valence-electron chi connectivity index (χ3n) is 3.37. The maximum absolute atomic E-state index is 11.6. The Bertz CT molecular complexity index is 212. The number of hydrogen-bond acceptors (Lipinski definition) is 1. The number of halogens is 1. The van der Waals surface area contributed by atoms with Gasteiger partial charge in [-0.1, -0.05) is 0 Å². The molecule has 0 bridgehead atoms. The Morgan fingerprint density at radius 1 is 1.20 bits per heavy atom. The second-order valence-corrected chi connectivity index (χ2v) is 5.29. The van der Waals surface area contributed by atoms with Gasteiger partial charge in [-0.25, -0.2) is 0 Å². The molecule has 86 valence electrons. The summed E-state index contributed by atoms with van der Waals surface area (Å²) in [5.74, 6) is 2.51. The third kappa shape index (κ3) is 3.67. The van der Waals surface area contributed by atoms with Crippen molar-refractivity contribution in [2.45, 2.75) is 51.0 Å². The van der Waals surface area contributed by atoms with Crippen LogP contribution in [0.3, 0.4) is 0 Å². The molecule has 2 rings (SSSR count). The molecule has 2 nitrogen and oxygen atoms in total. The summed E-state index contributed by atoms with van der Waals surface area (Å²) >= 11 is 5.58. The molecule has 2 fully saturated rings. The van der Waals surface area contributed by atoms with Crippen molar-refractivity contribution in [3.05, 3.63) is 0 Å². The lowest BCUT2D eigenvalue weighted by molar-refractivity contribution is -0.122. The molecule has 0 aromatic rings. The van der Waals surface area contributed by atoms with Gasteiger partial charge in [-0.05, 0) is 50.4 Å². The predicted octanol–water partition coefficient (Wildman–Crippen LogP) is 2.70. The largest absolute Gasteiger partial charge is 0.353 e. The molecule has 2 aliphatic carbocycles. The third-order valence-corrected chi connectivity index (χ3v) is 3.64. The van der Waals surface area contributed by atoms with E-state index < -0.39 is 0 Å². The van der Waals surface area contributed by atoms with Gasteiger partial charge in [0.25, 0.3) is 0 Å². The van der Waals surface area contributed by atoms with Gasteiger partial charge in [0.15, 0.2) is 0 Å². The summed E-state index contributed by atoms with van der Waals surface area (Å²) in [4.78, 5) is 11.6. The first-order valence-electron chi connectivity index (χ1n) is 6.16. The van der Waals surface area contributed by atoms with Crippen LogP contribution < -0.4 is 5.32 Å². The van der Waals surface area contributed by atoms with E-state index in [9.17, 15) is 4.79 Å². The van der Waals surface area contributed by atoms with Gasteiger partial charge < -0.3 is 5.32 Å². The van der Waals surface area contributed by atoms with Gasteiger partial charge in [0, 0.05) is 18.3 Å². The van der Waals surface area contributed by atoms with Gasteiger partial charge in [0.1, 0.15) is 0 Å². The molecule has 1 N–H and O–H groups in total. The van der Waals surface area contributed by atoms with Gasteiger partial charge in [-0.2, -0.15) is 0 Å². The Labute approximate surface area is 96.8 Å². The van der Waals surface area contributed by atoms with Crippen LogP contribution in [0.2, 0.25) is 0 Å². The maximum Gasteiger partial charge on any atom is 0.220 e. The summed E-state index contributed by atoms with van der Waals surface area (Å²) in [6.07, 6.45) is 7.82. The van der Waals surface area contributed by atoms with Crippen LogP contribution in [-0.2, 0) is 4.79 Å². The highest BCUT2D eigenvalue weighted by molar-refractivity contribution is 6.17. The molecular weight excluding hydrogens is 210 g/mol. The monoisotopic (exact) mass is 229 g/mol. The van der Waals surface area contributed by atoms with E-state index in [1.54, 1.807) is 0 Å². The number of hydrogen-bond donors (Lipinski definition) is 1. The van der Waals surface area contributed by atoms with Gasteiger partial charge in [0.2, 0.25) is 5.91 Å². The molecule has 0 aromatic heterocycles. The summed E-state index contributed by atoms with van der Waals surface area (Å²) in [6, 6.07) is 0.508. The first-order chi connectivity index (χ1) is 7.31. The van der Waals surface area contributed by atoms with Gasteiger partial charge in [-0.3, -0.25) is 4.79 Å². The van der Waals surface area contributed by atoms with Crippen LogP contribution in [0.25, 0.3) is 0 Å². The SMILES string of the molecule is O=C(CCCCCl)NC(C1CC1)C1CC1. The van der Waals surface area contributed by atoms with Crippen molar-refractivity contribution in [1.82, 2.24) is 5.32 Å². The molecular formula is C12H20ClNO. The predicted molar refractivity (Wildman–Crippen MR) is 61.9 cm³/mol. The fourth-order valence-corrected chi connectivity index (χ4v) is 2.36. The van der Waals surface area contributed by atoms with Crippen LogP contribution in [0.5, 0.6) is 0 Å². The molecule has 0 aliphatic heterocycles. The topological polar surface area (TPSA) is 29.1 Å². The highest BCUT2D eigenvalue weighted by Crippen LogP contribution is 2.44. The van der Waals surface area contributed by atoms with Crippen molar-refractivity contribution in [3.8, 4) is 0 Å². The van der Waals surface area contributed by atoms with E-state index in [0.717, 1.165) is 24.7 Å². The lowest BCUT2D eigenvalue weighted by Crippen LogP contribution is -2.37.